The molecule has 0 aliphatic carbocycles. The first-order valence-electron chi connectivity index (χ1n) is 8.90. The Bertz CT molecular complexity index is 1220. The highest BCUT2D eigenvalue weighted by Crippen LogP contribution is 2.34. The molecule has 0 bridgehead atoms. The number of carbonyl (C=O) groups excluding carboxylic acids is 1. The number of hydrogen-bond donors (Lipinski definition) is 1. The van der Waals surface area contributed by atoms with Gasteiger partial charge in [-0.15, -0.1) is 0 Å². The number of halogens is 2. The van der Waals surface area contributed by atoms with E-state index in [1.807, 2.05) is 0 Å². The monoisotopic (exact) mass is 457 g/mol. The predicted octanol–water partition coefficient (Wildman–Crippen LogP) is 4.10. The van der Waals surface area contributed by atoms with Crippen molar-refractivity contribution in [1.82, 2.24) is 14.7 Å². The molecule has 6 nitrogen and oxygen atoms in total. The van der Waals surface area contributed by atoms with E-state index in [0.717, 1.165) is 16.7 Å². The van der Waals surface area contributed by atoms with Gasteiger partial charge in [0.05, 0.1) is 16.3 Å². The lowest BCUT2D eigenvalue weighted by Gasteiger charge is -2.10. The molecule has 1 aliphatic heterocycles. The van der Waals surface area contributed by atoms with E-state index in [0.29, 0.717) is 22.5 Å². The molecule has 0 unspecified atom stereocenters. The summed E-state index contributed by atoms with van der Waals surface area (Å²) in [6.45, 7) is -0.526. The van der Waals surface area contributed by atoms with Crippen LogP contribution in [-0.2, 0) is 9.59 Å². The summed E-state index contributed by atoms with van der Waals surface area (Å²) in [5.74, 6) is -2.49. The molecule has 0 atom stereocenters. The molecule has 31 heavy (non-hydrogen) atoms. The summed E-state index contributed by atoms with van der Waals surface area (Å²) in [4.78, 5) is 24.9. The number of rotatable bonds is 5. The van der Waals surface area contributed by atoms with Crippen molar-refractivity contribution >= 4 is 46.3 Å². The molecule has 4 rings (SSSR count). The van der Waals surface area contributed by atoms with Crippen LogP contribution in [0.25, 0.3) is 23.0 Å². The van der Waals surface area contributed by atoms with E-state index in [-0.39, 0.29) is 9.23 Å². The largest absolute Gasteiger partial charge is 0.480 e. The number of carbonyl (C=O) groups is 2. The zero-order valence-electron chi connectivity index (χ0n) is 15.7. The molecular formula is C21H13F2N3O3S2. The maximum absolute atomic E-state index is 13.4. The standard InChI is InChI=1S/C21H13F2N3O3S2/c22-14-3-1-12(2-4-14)19-13(10-26(24-19)16-7-5-15(23)6-8-16)9-17-20(29)25(11-18(27)28)21(30)31-17/h1-10H,11H2,(H,27,28). The van der Waals surface area contributed by atoms with Gasteiger partial charge in [0.1, 0.15) is 22.5 Å². The van der Waals surface area contributed by atoms with Gasteiger partial charge < -0.3 is 5.11 Å². The second-order valence-corrected chi connectivity index (χ2v) is 8.20. The number of carboxylic acid groups (broad SMARTS) is 1. The minimum Gasteiger partial charge on any atom is -0.480 e. The summed E-state index contributed by atoms with van der Waals surface area (Å²) in [7, 11) is 0. The van der Waals surface area contributed by atoms with Crippen molar-refractivity contribution in [3.05, 3.63) is 76.8 Å². The van der Waals surface area contributed by atoms with Gasteiger partial charge in [0.2, 0.25) is 0 Å². The van der Waals surface area contributed by atoms with E-state index in [1.165, 1.54) is 28.9 Å². The molecule has 10 heteroatoms. The second-order valence-electron chi connectivity index (χ2n) is 6.52. The second kappa shape index (κ2) is 8.40. The Morgan fingerprint density at radius 3 is 2.32 bits per heavy atom. The fourth-order valence-corrected chi connectivity index (χ4v) is 4.21. The van der Waals surface area contributed by atoms with Crippen molar-refractivity contribution < 1.29 is 23.5 Å². The first-order valence-corrected chi connectivity index (χ1v) is 10.1. The molecule has 1 aliphatic rings. The predicted molar refractivity (Wildman–Crippen MR) is 116 cm³/mol. The van der Waals surface area contributed by atoms with E-state index in [1.54, 1.807) is 36.5 Å². The number of nitrogens with zero attached hydrogens (tertiary/aromatic N) is 3. The molecule has 1 aromatic heterocycles. The Labute approximate surface area is 184 Å². The van der Waals surface area contributed by atoms with Crippen molar-refractivity contribution in [1.29, 1.82) is 0 Å². The molecule has 0 saturated carbocycles. The Hall–Kier alpha value is -3.37. The quantitative estimate of drug-likeness (QED) is 0.459. The van der Waals surface area contributed by atoms with E-state index in [2.05, 4.69) is 5.10 Å². The van der Waals surface area contributed by atoms with E-state index >= 15 is 0 Å². The molecule has 1 saturated heterocycles. The molecule has 1 fully saturated rings. The average Bonchev–Trinajstić information content (AvgIpc) is 3.26. The molecule has 1 amide bonds. The van der Waals surface area contributed by atoms with E-state index in [4.69, 9.17) is 17.3 Å². The highest BCUT2D eigenvalue weighted by molar-refractivity contribution is 8.26. The summed E-state index contributed by atoms with van der Waals surface area (Å²) in [6, 6.07) is 11.4. The molecular weight excluding hydrogens is 444 g/mol. The molecule has 1 N–H and O–H groups in total. The van der Waals surface area contributed by atoms with Crippen LogP contribution in [0.4, 0.5) is 8.78 Å². The van der Waals surface area contributed by atoms with E-state index < -0.39 is 30.1 Å². The SMILES string of the molecule is O=C(O)CN1C(=O)C(=Cc2cn(-c3ccc(F)cc3)nc2-c2ccc(F)cc2)SC1=S. The summed E-state index contributed by atoms with van der Waals surface area (Å²) in [5, 5.41) is 13.5. The van der Waals surface area contributed by atoms with Gasteiger partial charge in [-0.3, -0.25) is 14.5 Å². The van der Waals surface area contributed by atoms with E-state index in [9.17, 15) is 18.4 Å². The summed E-state index contributed by atoms with van der Waals surface area (Å²) < 4.78 is 28.3. The van der Waals surface area contributed by atoms with Gasteiger partial charge in [0.15, 0.2) is 0 Å². The molecule has 0 spiro atoms. The normalized spacial score (nSPS) is 15.2. The van der Waals surface area contributed by atoms with Crippen LogP contribution in [0.15, 0.2) is 59.6 Å². The van der Waals surface area contributed by atoms with Gasteiger partial charge in [-0.25, -0.2) is 13.5 Å². The van der Waals surface area contributed by atoms with Crippen LogP contribution in [0.2, 0.25) is 0 Å². The maximum Gasteiger partial charge on any atom is 0.323 e. The third-order valence-corrected chi connectivity index (χ3v) is 5.78. The molecule has 2 heterocycles. The lowest BCUT2D eigenvalue weighted by atomic mass is 10.1. The minimum absolute atomic E-state index is 0.146. The van der Waals surface area contributed by atoms with Crippen LogP contribution >= 0.6 is 24.0 Å². The van der Waals surface area contributed by atoms with Crippen molar-refractivity contribution in [2.24, 2.45) is 0 Å². The summed E-state index contributed by atoms with van der Waals surface area (Å²) in [5.41, 5.74) is 2.19. The van der Waals surface area contributed by atoms with Crippen LogP contribution in [0.5, 0.6) is 0 Å². The van der Waals surface area contributed by atoms with Gasteiger partial charge in [0, 0.05) is 17.3 Å². The number of amides is 1. The van der Waals surface area contributed by atoms with Crippen LogP contribution in [-0.4, -0.2) is 42.5 Å². The molecule has 3 aromatic rings. The Morgan fingerprint density at radius 1 is 1.10 bits per heavy atom. The number of hydrogen-bond acceptors (Lipinski definition) is 5. The lowest BCUT2D eigenvalue weighted by molar-refractivity contribution is -0.140. The van der Waals surface area contributed by atoms with Crippen molar-refractivity contribution in [2.45, 2.75) is 0 Å². The zero-order valence-corrected chi connectivity index (χ0v) is 17.3. The lowest BCUT2D eigenvalue weighted by Crippen LogP contribution is -2.33. The molecule has 156 valence electrons. The summed E-state index contributed by atoms with van der Waals surface area (Å²) in [6.07, 6.45) is 3.21. The van der Waals surface area contributed by atoms with Gasteiger partial charge in [-0.2, -0.15) is 5.10 Å². The van der Waals surface area contributed by atoms with Gasteiger partial charge in [-0.1, -0.05) is 24.0 Å². The van der Waals surface area contributed by atoms with Crippen LogP contribution in [0, 0.1) is 11.6 Å². The smallest absolute Gasteiger partial charge is 0.323 e. The van der Waals surface area contributed by atoms with Gasteiger partial charge >= 0.3 is 5.97 Å². The highest BCUT2D eigenvalue weighted by atomic mass is 32.2. The Kier molecular flexibility index (Phi) is 5.66. The van der Waals surface area contributed by atoms with Crippen molar-refractivity contribution in [3.63, 3.8) is 0 Å². The third kappa shape index (κ3) is 4.39. The zero-order chi connectivity index (χ0) is 22.1. The first-order chi connectivity index (χ1) is 14.8. The fraction of sp³-hybridized carbons (Fsp3) is 0.0476. The first kappa shape index (κ1) is 20.9. The van der Waals surface area contributed by atoms with Crippen molar-refractivity contribution in [2.75, 3.05) is 6.54 Å². The number of aliphatic carboxylic acids is 1. The fourth-order valence-electron chi connectivity index (χ4n) is 2.96. The van der Waals surface area contributed by atoms with Gasteiger partial charge in [0.25, 0.3) is 5.91 Å². The Balaban J connectivity index is 1.79. The van der Waals surface area contributed by atoms with Crippen LogP contribution in [0.1, 0.15) is 5.56 Å². The average molecular weight is 457 g/mol. The number of thiocarbonyl (C=S) groups is 1. The number of carboxylic acids is 1. The van der Waals surface area contributed by atoms with Crippen LogP contribution in [0.3, 0.4) is 0 Å². The highest BCUT2D eigenvalue weighted by Gasteiger charge is 2.33. The number of thioether (sulfide) groups is 1. The Morgan fingerprint density at radius 2 is 1.71 bits per heavy atom. The number of benzene rings is 2. The van der Waals surface area contributed by atoms with Gasteiger partial charge in [-0.05, 0) is 54.6 Å². The number of aromatic nitrogens is 2. The molecule has 0 radical (unpaired) electrons. The third-order valence-electron chi connectivity index (χ3n) is 4.40. The minimum atomic E-state index is -1.17. The summed E-state index contributed by atoms with van der Waals surface area (Å²) >= 11 is 6.12. The van der Waals surface area contributed by atoms with Crippen molar-refractivity contribution in [3.8, 4) is 16.9 Å². The maximum atomic E-state index is 13.4. The molecule has 2 aromatic carbocycles. The topological polar surface area (TPSA) is 75.4 Å². The van der Waals surface area contributed by atoms with Crippen LogP contribution < -0.4 is 0 Å².